The highest BCUT2D eigenvalue weighted by molar-refractivity contribution is 7.99. The molecular weight excluding hydrogens is 274 g/mol. The largest absolute Gasteiger partial charge is 0.489 e. The lowest BCUT2D eigenvalue weighted by Gasteiger charge is -2.13. The maximum absolute atomic E-state index is 5.92. The van der Waals surface area contributed by atoms with Crippen LogP contribution in [-0.4, -0.2) is 26.3 Å². The Morgan fingerprint density at radius 1 is 1.40 bits per heavy atom. The van der Waals surface area contributed by atoms with Crippen molar-refractivity contribution >= 4 is 17.4 Å². The second kappa shape index (κ2) is 5.32. The number of nitrogens with two attached hydrogens (primary N) is 1. The van der Waals surface area contributed by atoms with Gasteiger partial charge < -0.3 is 10.5 Å². The summed E-state index contributed by atoms with van der Waals surface area (Å²) in [6.45, 7) is 3.96. The van der Waals surface area contributed by atoms with Gasteiger partial charge in [-0.05, 0) is 67.1 Å². The van der Waals surface area contributed by atoms with Crippen molar-refractivity contribution in [3.8, 4) is 5.75 Å². The molecule has 1 fully saturated rings. The van der Waals surface area contributed by atoms with E-state index in [2.05, 4.69) is 15.5 Å². The molecule has 1 heterocycles. The number of ether oxygens (including phenoxy) is 1. The van der Waals surface area contributed by atoms with E-state index in [9.17, 15) is 0 Å². The zero-order valence-electron chi connectivity index (χ0n) is 11.5. The summed E-state index contributed by atoms with van der Waals surface area (Å²) in [7, 11) is 0. The molecule has 1 aliphatic rings. The van der Waals surface area contributed by atoms with Crippen molar-refractivity contribution in [1.29, 1.82) is 0 Å². The van der Waals surface area contributed by atoms with Crippen LogP contribution in [0.5, 0.6) is 5.75 Å². The average molecular weight is 291 g/mol. The molecule has 2 aromatic rings. The minimum Gasteiger partial charge on any atom is -0.489 e. The minimum absolute atomic E-state index is 0.0920. The van der Waals surface area contributed by atoms with Gasteiger partial charge in [-0.1, -0.05) is 0 Å². The van der Waals surface area contributed by atoms with Gasteiger partial charge >= 0.3 is 0 Å². The van der Waals surface area contributed by atoms with Crippen LogP contribution in [0.4, 0.5) is 5.69 Å². The first kappa shape index (κ1) is 13.2. The molecule has 6 nitrogen and oxygen atoms in total. The van der Waals surface area contributed by atoms with Crippen LogP contribution in [0.2, 0.25) is 0 Å². The molecule has 0 atom stereocenters. The maximum Gasteiger partial charge on any atom is 0.214 e. The lowest BCUT2D eigenvalue weighted by Crippen LogP contribution is -2.07. The average Bonchev–Trinajstić information content (AvgIpc) is 3.14. The Morgan fingerprint density at radius 2 is 2.20 bits per heavy atom. The highest BCUT2D eigenvalue weighted by Crippen LogP contribution is 2.39. The predicted octanol–water partition coefficient (Wildman–Crippen LogP) is 2.53. The van der Waals surface area contributed by atoms with Gasteiger partial charge in [-0.3, -0.25) is 0 Å². The van der Waals surface area contributed by atoms with Crippen molar-refractivity contribution in [2.75, 3.05) is 5.73 Å². The van der Waals surface area contributed by atoms with Crippen LogP contribution in [-0.2, 0) is 0 Å². The topological polar surface area (TPSA) is 78.9 Å². The molecule has 7 heteroatoms. The monoisotopic (exact) mass is 291 g/mol. The second-order valence-corrected chi connectivity index (χ2v) is 6.15. The molecule has 0 saturated heterocycles. The summed E-state index contributed by atoms with van der Waals surface area (Å²) < 4.78 is 7.59. The first-order chi connectivity index (χ1) is 9.63. The normalized spacial score (nSPS) is 14.8. The molecule has 0 unspecified atom stereocenters. The predicted molar refractivity (Wildman–Crippen MR) is 76.8 cm³/mol. The Kier molecular flexibility index (Phi) is 3.52. The molecule has 1 aromatic carbocycles. The molecule has 3 rings (SSSR count). The van der Waals surface area contributed by atoms with Gasteiger partial charge in [0, 0.05) is 4.90 Å². The summed E-state index contributed by atoms with van der Waals surface area (Å²) in [5.74, 6) is 0.704. The molecular formula is C13H17N5OS. The zero-order chi connectivity index (χ0) is 14.1. The van der Waals surface area contributed by atoms with Gasteiger partial charge in [0.05, 0.1) is 17.8 Å². The van der Waals surface area contributed by atoms with E-state index in [-0.39, 0.29) is 6.10 Å². The van der Waals surface area contributed by atoms with Crippen LogP contribution in [0.15, 0.2) is 28.3 Å². The van der Waals surface area contributed by atoms with Crippen molar-refractivity contribution in [2.24, 2.45) is 0 Å². The fraction of sp³-hybridized carbons (Fsp3) is 0.462. The smallest absolute Gasteiger partial charge is 0.214 e. The molecule has 106 valence electrons. The fourth-order valence-corrected chi connectivity index (χ4v) is 2.71. The van der Waals surface area contributed by atoms with Crippen LogP contribution < -0.4 is 10.5 Å². The molecule has 1 aliphatic carbocycles. The summed E-state index contributed by atoms with van der Waals surface area (Å²) in [5.41, 5.74) is 6.56. The Morgan fingerprint density at radius 3 is 2.90 bits per heavy atom. The number of rotatable bonds is 5. The molecule has 0 amide bonds. The first-order valence-electron chi connectivity index (χ1n) is 6.65. The number of hydrogen-bond donors (Lipinski definition) is 1. The quantitative estimate of drug-likeness (QED) is 0.853. The third-order valence-corrected chi connectivity index (χ3v) is 3.85. The van der Waals surface area contributed by atoms with Gasteiger partial charge in [-0.2, -0.15) is 0 Å². The summed E-state index contributed by atoms with van der Waals surface area (Å²) in [6.07, 6.45) is 2.40. The molecule has 0 radical (unpaired) electrons. The van der Waals surface area contributed by atoms with Crippen LogP contribution in [0.25, 0.3) is 0 Å². The number of aromatic nitrogens is 4. The number of tetrazole rings is 1. The number of nitrogen functional groups attached to an aromatic ring is 1. The van der Waals surface area contributed by atoms with Crippen molar-refractivity contribution in [1.82, 2.24) is 20.2 Å². The van der Waals surface area contributed by atoms with E-state index in [1.54, 1.807) is 0 Å². The Balaban J connectivity index is 1.81. The molecule has 2 N–H and O–H groups in total. The van der Waals surface area contributed by atoms with Gasteiger partial charge in [-0.15, -0.1) is 5.10 Å². The van der Waals surface area contributed by atoms with Crippen molar-refractivity contribution in [3.05, 3.63) is 18.2 Å². The van der Waals surface area contributed by atoms with Crippen molar-refractivity contribution in [2.45, 2.75) is 48.9 Å². The van der Waals surface area contributed by atoms with E-state index in [1.807, 2.05) is 36.7 Å². The first-order valence-corrected chi connectivity index (χ1v) is 7.47. The summed E-state index contributed by atoms with van der Waals surface area (Å²) in [6, 6.07) is 6.21. The van der Waals surface area contributed by atoms with Crippen LogP contribution in [0, 0.1) is 0 Å². The fourth-order valence-electron chi connectivity index (χ4n) is 1.84. The summed E-state index contributed by atoms with van der Waals surface area (Å²) >= 11 is 1.53. The van der Waals surface area contributed by atoms with Gasteiger partial charge in [0.25, 0.3) is 0 Å². The second-order valence-electron chi connectivity index (χ2n) is 5.11. The SMILES string of the molecule is CC(C)Oc1cc(Sc2nnnn2C2CC2)ccc1N. The standard InChI is InChI=1S/C13H17N5OS/c1-8(2)19-12-7-10(5-6-11(12)14)20-13-15-16-17-18(13)9-3-4-9/h5-9H,3-4,14H2,1-2H3. The highest BCUT2D eigenvalue weighted by atomic mass is 32.2. The molecule has 0 spiro atoms. The molecule has 20 heavy (non-hydrogen) atoms. The number of benzene rings is 1. The van der Waals surface area contributed by atoms with Gasteiger partial charge in [0.1, 0.15) is 5.75 Å². The van der Waals surface area contributed by atoms with Crippen molar-refractivity contribution < 1.29 is 4.74 Å². The maximum atomic E-state index is 5.92. The number of nitrogens with zero attached hydrogens (tertiary/aromatic N) is 4. The number of anilines is 1. The van der Waals surface area contributed by atoms with Crippen molar-refractivity contribution in [3.63, 3.8) is 0 Å². The van der Waals surface area contributed by atoms with Gasteiger partial charge in [0.15, 0.2) is 0 Å². The van der Waals surface area contributed by atoms with Crippen LogP contribution in [0.3, 0.4) is 0 Å². The third kappa shape index (κ3) is 2.87. The Labute approximate surface area is 121 Å². The van der Waals surface area contributed by atoms with E-state index in [4.69, 9.17) is 10.5 Å². The van der Waals surface area contributed by atoms with E-state index in [1.165, 1.54) is 11.8 Å². The van der Waals surface area contributed by atoms with Crippen LogP contribution >= 0.6 is 11.8 Å². The van der Waals surface area contributed by atoms with E-state index in [0.29, 0.717) is 17.5 Å². The van der Waals surface area contributed by atoms with E-state index < -0.39 is 0 Å². The minimum atomic E-state index is 0.0920. The molecule has 1 aromatic heterocycles. The Hall–Kier alpha value is -1.76. The highest BCUT2D eigenvalue weighted by Gasteiger charge is 2.28. The van der Waals surface area contributed by atoms with Crippen LogP contribution in [0.1, 0.15) is 32.7 Å². The number of hydrogen-bond acceptors (Lipinski definition) is 6. The zero-order valence-corrected chi connectivity index (χ0v) is 12.3. The van der Waals surface area contributed by atoms with Gasteiger partial charge in [-0.25, -0.2) is 4.68 Å². The summed E-state index contributed by atoms with van der Waals surface area (Å²) in [4.78, 5) is 1.02. The van der Waals surface area contributed by atoms with E-state index >= 15 is 0 Å². The third-order valence-electron chi connectivity index (χ3n) is 2.91. The summed E-state index contributed by atoms with van der Waals surface area (Å²) in [5, 5.41) is 12.7. The molecule has 0 bridgehead atoms. The van der Waals surface area contributed by atoms with E-state index in [0.717, 1.165) is 22.9 Å². The molecule has 1 saturated carbocycles. The Bertz CT molecular complexity index is 609. The lowest BCUT2D eigenvalue weighted by molar-refractivity contribution is 0.243. The lowest BCUT2D eigenvalue weighted by atomic mass is 10.3. The molecule has 0 aliphatic heterocycles. The van der Waals surface area contributed by atoms with Gasteiger partial charge in [0.2, 0.25) is 5.16 Å².